The lowest BCUT2D eigenvalue weighted by Crippen LogP contribution is -2.30. The van der Waals surface area contributed by atoms with E-state index in [-0.39, 0.29) is 11.5 Å². The van der Waals surface area contributed by atoms with E-state index in [2.05, 4.69) is 15.9 Å². The first-order valence-electron chi connectivity index (χ1n) is 5.85. The second kappa shape index (κ2) is 5.69. The first-order chi connectivity index (χ1) is 8.67. The van der Waals surface area contributed by atoms with Crippen LogP contribution >= 0.6 is 15.9 Å². The van der Waals surface area contributed by atoms with Gasteiger partial charge in [-0.3, -0.25) is 4.79 Å². The van der Waals surface area contributed by atoms with Crippen LogP contribution in [0.3, 0.4) is 0 Å². The molecule has 1 aliphatic heterocycles. The van der Waals surface area contributed by atoms with E-state index >= 15 is 0 Å². The lowest BCUT2D eigenvalue weighted by atomic mass is 10.1. The Bertz CT molecular complexity index is 453. The number of rotatable bonds is 3. The van der Waals surface area contributed by atoms with Gasteiger partial charge < -0.3 is 9.64 Å². The van der Waals surface area contributed by atoms with Gasteiger partial charge in [0.1, 0.15) is 17.1 Å². The molecule has 1 atom stereocenters. The molecular formula is C13H15BrFNO2. The van der Waals surface area contributed by atoms with Gasteiger partial charge in [-0.15, -0.1) is 0 Å². The number of amides is 1. The number of likely N-dealkylation sites (tertiary alicyclic amines) is 1. The van der Waals surface area contributed by atoms with Crippen LogP contribution in [0.4, 0.5) is 4.39 Å². The summed E-state index contributed by atoms with van der Waals surface area (Å²) >= 11 is 3.41. The van der Waals surface area contributed by atoms with Gasteiger partial charge in [0.25, 0.3) is 5.91 Å². The molecule has 0 aliphatic carbocycles. The number of carbonyl (C=O) groups excluding carboxylic acids is 1. The molecule has 0 radical (unpaired) electrons. The van der Waals surface area contributed by atoms with E-state index < -0.39 is 5.82 Å². The maximum atomic E-state index is 13.8. The second-order valence-electron chi connectivity index (χ2n) is 4.38. The average molecular weight is 316 g/mol. The van der Waals surface area contributed by atoms with E-state index in [1.54, 1.807) is 11.0 Å². The first kappa shape index (κ1) is 13.3. The summed E-state index contributed by atoms with van der Waals surface area (Å²) in [5.74, 6) is -0.0657. The molecule has 2 rings (SSSR count). The standard InChI is InChI=1S/C13H15BrFNO2/c1-18-11-4-2-3-10(15)12(11)13(17)16-6-5-9(7-14)8-16/h2-4,9H,5-8H2,1H3. The summed E-state index contributed by atoms with van der Waals surface area (Å²) in [5.41, 5.74) is 0.0372. The molecule has 1 aliphatic rings. The summed E-state index contributed by atoms with van der Waals surface area (Å²) in [7, 11) is 1.44. The van der Waals surface area contributed by atoms with Crippen molar-refractivity contribution in [2.24, 2.45) is 5.92 Å². The number of ether oxygens (including phenoxy) is 1. The van der Waals surface area contributed by atoms with Crippen molar-refractivity contribution in [3.63, 3.8) is 0 Å². The largest absolute Gasteiger partial charge is 0.496 e. The molecule has 1 fully saturated rings. The number of hydrogen-bond donors (Lipinski definition) is 0. The van der Waals surface area contributed by atoms with E-state index in [1.807, 2.05) is 0 Å². The average Bonchev–Trinajstić information content (AvgIpc) is 2.86. The van der Waals surface area contributed by atoms with Crippen molar-refractivity contribution >= 4 is 21.8 Å². The van der Waals surface area contributed by atoms with Crippen LogP contribution in [0.15, 0.2) is 18.2 Å². The van der Waals surface area contributed by atoms with Gasteiger partial charge in [-0.2, -0.15) is 0 Å². The predicted octanol–water partition coefficient (Wildman–Crippen LogP) is 2.69. The molecule has 1 aromatic carbocycles. The van der Waals surface area contributed by atoms with Gasteiger partial charge in [0, 0.05) is 18.4 Å². The van der Waals surface area contributed by atoms with Crippen LogP contribution in [0.25, 0.3) is 0 Å². The van der Waals surface area contributed by atoms with Gasteiger partial charge in [-0.25, -0.2) is 4.39 Å². The van der Waals surface area contributed by atoms with Crippen molar-refractivity contribution in [2.75, 3.05) is 25.5 Å². The van der Waals surface area contributed by atoms with Gasteiger partial charge in [0.15, 0.2) is 0 Å². The zero-order valence-corrected chi connectivity index (χ0v) is 11.7. The topological polar surface area (TPSA) is 29.5 Å². The van der Waals surface area contributed by atoms with Crippen molar-refractivity contribution in [2.45, 2.75) is 6.42 Å². The lowest BCUT2D eigenvalue weighted by molar-refractivity contribution is 0.0780. The summed E-state index contributed by atoms with van der Waals surface area (Å²) in [4.78, 5) is 14.0. The van der Waals surface area contributed by atoms with Gasteiger partial charge in [-0.05, 0) is 24.5 Å². The highest BCUT2D eigenvalue weighted by molar-refractivity contribution is 9.09. The van der Waals surface area contributed by atoms with Crippen LogP contribution < -0.4 is 4.74 Å². The minimum absolute atomic E-state index is 0.0372. The Hall–Kier alpha value is -1.10. The van der Waals surface area contributed by atoms with Crippen molar-refractivity contribution in [3.8, 4) is 5.75 Å². The molecule has 0 saturated carbocycles. The molecular weight excluding hydrogens is 301 g/mol. The van der Waals surface area contributed by atoms with E-state index in [4.69, 9.17) is 4.74 Å². The maximum absolute atomic E-state index is 13.8. The zero-order valence-electron chi connectivity index (χ0n) is 10.2. The van der Waals surface area contributed by atoms with Crippen LogP contribution in [0, 0.1) is 11.7 Å². The van der Waals surface area contributed by atoms with Crippen molar-refractivity contribution in [1.82, 2.24) is 4.90 Å². The molecule has 1 aromatic rings. The number of methoxy groups -OCH3 is 1. The van der Waals surface area contributed by atoms with Crippen molar-refractivity contribution in [3.05, 3.63) is 29.6 Å². The highest BCUT2D eigenvalue weighted by Crippen LogP contribution is 2.26. The van der Waals surface area contributed by atoms with Gasteiger partial charge in [-0.1, -0.05) is 22.0 Å². The molecule has 0 N–H and O–H groups in total. The Morgan fingerprint density at radius 2 is 2.39 bits per heavy atom. The molecule has 1 unspecified atom stereocenters. The molecule has 5 heteroatoms. The predicted molar refractivity (Wildman–Crippen MR) is 70.8 cm³/mol. The van der Waals surface area contributed by atoms with E-state index in [9.17, 15) is 9.18 Å². The number of alkyl halides is 1. The smallest absolute Gasteiger partial charge is 0.260 e. The van der Waals surface area contributed by atoms with Crippen LogP contribution in [-0.2, 0) is 0 Å². The van der Waals surface area contributed by atoms with Gasteiger partial charge >= 0.3 is 0 Å². The number of carbonyl (C=O) groups is 1. The monoisotopic (exact) mass is 315 g/mol. The lowest BCUT2D eigenvalue weighted by Gasteiger charge is -2.18. The van der Waals surface area contributed by atoms with E-state index in [1.165, 1.54) is 19.2 Å². The highest BCUT2D eigenvalue weighted by Gasteiger charge is 2.29. The number of nitrogens with zero attached hydrogens (tertiary/aromatic N) is 1. The zero-order chi connectivity index (χ0) is 13.1. The molecule has 1 saturated heterocycles. The van der Waals surface area contributed by atoms with Crippen molar-refractivity contribution < 1.29 is 13.9 Å². The normalized spacial score (nSPS) is 19.1. The fourth-order valence-corrected chi connectivity index (χ4v) is 2.71. The summed E-state index contributed by atoms with van der Waals surface area (Å²) in [6.07, 6.45) is 0.952. The third-order valence-electron chi connectivity index (χ3n) is 3.20. The summed E-state index contributed by atoms with van der Waals surface area (Å²) in [5, 5.41) is 0.866. The molecule has 1 heterocycles. The second-order valence-corrected chi connectivity index (χ2v) is 5.02. The molecule has 0 aromatic heterocycles. The molecule has 3 nitrogen and oxygen atoms in total. The fraction of sp³-hybridized carbons (Fsp3) is 0.462. The molecule has 18 heavy (non-hydrogen) atoms. The Labute approximate surface area is 114 Å². The Morgan fingerprint density at radius 3 is 3.00 bits per heavy atom. The summed E-state index contributed by atoms with van der Waals surface area (Å²) < 4.78 is 18.8. The highest BCUT2D eigenvalue weighted by atomic mass is 79.9. The SMILES string of the molecule is COc1cccc(F)c1C(=O)N1CCC(CBr)C1. The first-order valence-corrected chi connectivity index (χ1v) is 6.97. The third kappa shape index (κ3) is 2.51. The number of halogens is 2. The minimum Gasteiger partial charge on any atom is -0.496 e. The van der Waals surface area contributed by atoms with E-state index in [0.29, 0.717) is 24.8 Å². The molecule has 0 spiro atoms. The van der Waals surface area contributed by atoms with Gasteiger partial charge in [0.05, 0.1) is 7.11 Å². The minimum atomic E-state index is -0.526. The molecule has 0 bridgehead atoms. The quantitative estimate of drug-likeness (QED) is 0.803. The van der Waals surface area contributed by atoms with E-state index in [0.717, 1.165) is 11.8 Å². The Balaban J connectivity index is 2.24. The van der Waals surface area contributed by atoms with Crippen LogP contribution in [0.5, 0.6) is 5.75 Å². The summed E-state index contributed by atoms with van der Waals surface area (Å²) in [6.45, 7) is 1.34. The van der Waals surface area contributed by atoms with Crippen LogP contribution in [-0.4, -0.2) is 36.3 Å². The Kier molecular flexibility index (Phi) is 4.22. The number of benzene rings is 1. The third-order valence-corrected chi connectivity index (χ3v) is 4.12. The fourth-order valence-electron chi connectivity index (χ4n) is 2.18. The number of hydrogen-bond acceptors (Lipinski definition) is 2. The van der Waals surface area contributed by atoms with Crippen LogP contribution in [0.2, 0.25) is 0 Å². The summed E-state index contributed by atoms with van der Waals surface area (Å²) in [6, 6.07) is 4.43. The molecule has 1 amide bonds. The Morgan fingerprint density at radius 1 is 1.61 bits per heavy atom. The van der Waals surface area contributed by atoms with Crippen molar-refractivity contribution in [1.29, 1.82) is 0 Å². The maximum Gasteiger partial charge on any atom is 0.260 e. The van der Waals surface area contributed by atoms with Gasteiger partial charge in [0.2, 0.25) is 0 Å². The molecule has 98 valence electrons. The van der Waals surface area contributed by atoms with Crippen LogP contribution in [0.1, 0.15) is 16.8 Å².